The molecule has 5 nitrogen and oxygen atoms in total. The fraction of sp³-hybridized carbons (Fsp3) is 0.0500. The van der Waals surface area contributed by atoms with Gasteiger partial charge in [-0.05, 0) is 23.8 Å². The number of non-ortho nitro benzene ring substituents is 1. The number of nitrogens with zero attached hydrogens (tertiary/aromatic N) is 1. The Kier molecular flexibility index (Phi) is 6.00. The Bertz CT molecular complexity index is 1010. The minimum atomic E-state index is -0.868. The molecule has 3 aromatic carbocycles. The van der Waals surface area contributed by atoms with Crippen molar-refractivity contribution in [3.05, 3.63) is 88.5 Å². The lowest BCUT2D eigenvalue weighted by Crippen LogP contribution is -2.16. The Morgan fingerprint density at radius 2 is 1.71 bits per heavy atom. The van der Waals surface area contributed by atoms with Crippen LogP contribution in [0.2, 0.25) is 0 Å². The first kappa shape index (κ1) is 19.5. The van der Waals surface area contributed by atoms with Crippen molar-refractivity contribution in [3.63, 3.8) is 0 Å². The zero-order valence-electron chi connectivity index (χ0n) is 14.4. The van der Waals surface area contributed by atoms with Crippen LogP contribution in [-0.2, 0) is 4.79 Å². The maximum atomic E-state index is 14.3. The number of rotatable bonds is 6. The molecule has 1 amide bonds. The van der Waals surface area contributed by atoms with Crippen LogP contribution in [-0.4, -0.2) is 16.6 Å². The molecule has 0 radical (unpaired) electrons. The van der Waals surface area contributed by atoms with Crippen molar-refractivity contribution in [2.45, 2.75) is 4.90 Å². The van der Waals surface area contributed by atoms with Gasteiger partial charge in [-0.25, -0.2) is 8.78 Å². The number of hydrogen-bond acceptors (Lipinski definition) is 4. The summed E-state index contributed by atoms with van der Waals surface area (Å²) in [6.45, 7) is 0. The molecule has 0 heterocycles. The molecule has 3 rings (SSSR count). The molecule has 0 unspecified atom stereocenters. The molecular formula is C20H14F2N2O3S. The van der Waals surface area contributed by atoms with Crippen molar-refractivity contribution in [3.8, 4) is 11.1 Å². The maximum absolute atomic E-state index is 14.3. The molecule has 0 bridgehead atoms. The van der Waals surface area contributed by atoms with Crippen molar-refractivity contribution < 1.29 is 18.5 Å². The van der Waals surface area contributed by atoms with Crippen molar-refractivity contribution in [2.24, 2.45) is 0 Å². The Labute approximate surface area is 163 Å². The molecule has 0 atom stereocenters. The van der Waals surface area contributed by atoms with Crippen LogP contribution in [0.15, 0.2) is 71.6 Å². The van der Waals surface area contributed by atoms with Crippen LogP contribution in [0.5, 0.6) is 0 Å². The van der Waals surface area contributed by atoms with Crippen LogP contribution in [0.3, 0.4) is 0 Å². The van der Waals surface area contributed by atoms with Crippen molar-refractivity contribution >= 4 is 29.0 Å². The van der Waals surface area contributed by atoms with Gasteiger partial charge in [0.15, 0.2) is 0 Å². The number of nitro groups is 1. The van der Waals surface area contributed by atoms with E-state index in [9.17, 15) is 23.7 Å². The summed E-state index contributed by atoms with van der Waals surface area (Å²) in [6, 6.07) is 16.2. The van der Waals surface area contributed by atoms with Gasteiger partial charge in [-0.2, -0.15) is 0 Å². The molecule has 0 aliphatic heterocycles. The first-order valence-electron chi connectivity index (χ1n) is 8.15. The summed E-state index contributed by atoms with van der Waals surface area (Å²) in [5, 5.41) is 13.2. The van der Waals surface area contributed by atoms with E-state index in [0.29, 0.717) is 16.5 Å². The second kappa shape index (κ2) is 8.62. The average Bonchev–Trinajstić information content (AvgIpc) is 2.69. The number of halogens is 2. The van der Waals surface area contributed by atoms with Crippen LogP contribution in [0, 0.1) is 21.7 Å². The summed E-state index contributed by atoms with van der Waals surface area (Å²) in [4.78, 5) is 23.1. The lowest BCUT2D eigenvalue weighted by molar-refractivity contribution is -0.384. The van der Waals surface area contributed by atoms with Gasteiger partial charge in [0.2, 0.25) is 5.91 Å². The fourth-order valence-corrected chi connectivity index (χ4v) is 3.23. The van der Waals surface area contributed by atoms with Gasteiger partial charge in [-0.3, -0.25) is 14.9 Å². The highest BCUT2D eigenvalue weighted by Gasteiger charge is 2.16. The summed E-state index contributed by atoms with van der Waals surface area (Å²) in [5.74, 6) is -2.13. The lowest BCUT2D eigenvalue weighted by atomic mass is 10.0. The topological polar surface area (TPSA) is 72.2 Å². The van der Waals surface area contributed by atoms with Gasteiger partial charge in [-0.15, -0.1) is 11.8 Å². The number of anilines is 1. The van der Waals surface area contributed by atoms with Gasteiger partial charge in [-0.1, -0.05) is 30.3 Å². The second-order valence-corrected chi connectivity index (χ2v) is 6.81. The quantitative estimate of drug-likeness (QED) is 0.348. The molecule has 3 aromatic rings. The van der Waals surface area contributed by atoms with E-state index in [1.165, 1.54) is 24.3 Å². The molecule has 0 saturated carbocycles. The Balaban J connectivity index is 1.74. The number of amides is 1. The number of carbonyl (C=O) groups excluding carboxylic acids is 1. The van der Waals surface area contributed by atoms with Gasteiger partial charge in [0.05, 0.1) is 16.4 Å². The van der Waals surface area contributed by atoms with Crippen molar-refractivity contribution in [1.82, 2.24) is 0 Å². The highest BCUT2D eigenvalue weighted by Crippen LogP contribution is 2.32. The second-order valence-electron chi connectivity index (χ2n) is 5.76. The van der Waals surface area contributed by atoms with Crippen LogP contribution >= 0.6 is 11.8 Å². The van der Waals surface area contributed by atoms with E-state index in [1.54, 1.807) is 30.3 Å². The Hall–Kier alpha value is -3.26. The zero-order valence-corrected chi connectivity index (χ0v) is 15.2. The van der Waals surface area contributed by atoms with Crippen LogP contribution in [0.1, 0.15) is 0 Å². The smallest absolute Gasteiger partial charge is 0.269 e. The molecule has 0 fully saturated rings. The number of nitrogens with one attached hydrogen (secondary N) is 1. The fourth-order valence-electron chi connectivity index (χ4n) is 2.53. The van der Waals surface area contributed by atoms with E-state index in [-0.39, 0.29) is 22.7 Å². The number of thioether (sulfide) groups is 1. The molecule has 0 aromatic heterocycles. The molecule has 28 heavy (non-hydrogen) atoms. The largest absolute Gasteiger partial charge is 0.322 e. The van der Waals surface area contributed by atoms with Crippen LogP contribution in [0.25, 0.3) is 11.1 Å². The molecule has 0 spiro atoms. The Morgan fingerprint density at radius 1 is 1.04 bits per heavy atom. The molecule has 0 saturated heterocycles. The number of hydrogen-bond donors (Lipinski definition) is 1. The predicted octanol–water partition coefficient (Wildman–Crippen LogP) is 5.27. The highest BCUT2D eigenvalue weighted by molar-refractivity contribution is 8.00. The number of nitro benzene ring substituents is 1. The van der Waals surface area contributed by atoms with E-state index in [2.05, 4.69) is 5.32 Å². The van der Waals surface area contributed by atoms with Crippen LogP contribution < -0.4 is 5.32 Å². The summed E-state index contributed by atoms with van der Waals surface area (Å²) in [6.07, 6.45) is 0. The van der Waals surface area contributed by atoms with E-state index in [1.807, 2.05) is 0 Å². The lowest BCUT2D eigenvalue weighted by Gasteiger charge is -2.13. The third kappa shape index (κ3) is 4.72. The minimum absolute atomic E-state index is 0.0388. The normalized spacial score (nSPS) is 10.5. The maximum Gasteiger partial charge on any atom is 0.269 e. The molecular weight excluding hydrogens is 386 g/mol. The van der Waals surface area contributed by atoms with Crippen LogP contribution in [0.4, 0.5) is 20.2 Å². The predicted molar refractivity (Wildman–Crippen MR) is 104 cm³/mol. The standard InChI is InChI=1S/C20H14F2N2O3S/c21-14-10-17(13-4-2-1-3-5-13)20(18(22)11-14)23-19(25)12-28-16-8-6-15(7-9-16)24(26)27/h1-11H,12H2,(H,23,25). The Morgan fingerprint density at radius 3 is 2.36 bits per heavy atom. The SMILES string of the molecule is O=C(CSc1ccc([N+](=O)[O-])cc1)Nc1c(F)cc(F)cc1-c1ccccc1. The summed E-state index contributed by atoms with van der Waals surface area (Å²) < 4.78 is 28.0. The first-order chi connectivity index (χ1) is 13.4. The van der Waals surface area contributed by atoms with Gasteiger partial charge >= 0.3 is 0 Å². The third-order valence-electron chi connectivity index (χ3n) is 3.82. The van der Waals surface area contributed by atoms with Gasteiger partial charge in [0.25, 0.3) is 5.69 Å². The molecule has 142 valence electrons. The summed E-state index contributed by atoms with van der Waals surface area (Å²) in [5.41, 5.74) is 0.669. The van der Waals surface area contributed by atoms with Gasteiger partial charge in [0.1, 0.15) is 11.6 Å². The molecule has 0 aliphatic carbocycles. The first-order valence-corrected chi connectivity index (χ1v) is 9.14. The van der Waals surface area contributed by atoms with Gasteiger partial charge in [0, 0.05) is 28.7 Å². The molecule has 1 N–H and O–H groups in total. The number of benzene rings is 3. The van der Waals surface area contributed by atoms with Crippen molar-refractivity contribution in [1.29, 1.82) is 0 Å². The molecule has 0 aliphatic rings. The van der Waals surface area contributed by atoms with Crippen molar-refractivity contribution in [2.75, 3.05) is 11.1 Å². The monoisotopic (exact) mass is 400 g/mol. The van der Waals surface area contributed by atoms with E-state index in [4.69, 9.17) is 0 Å². The van der Waals surface area contributed by atoms with E-state index < -0.39 is 22.5 Å². The average molecular weight is 400 g/mol. The van der Waals surface area contributed by atoms with Gasteiger partial charge < -0.3 is 5.32 Å². The van der Waals surface area contributed by atoms with E-state index >= 15 is 0 Å². The van der Waals surface area contributed by atoms with E-state index in [0.717, 1.165) is 17.8 Å². The number of carbonyl (C=O) groups is 1. The summed E-state index contributed by atoms with van der Waals surface area (Å²) in [7, 11) is 0. The zero-order chi connectivity index (χ0) is 20.1. The third-order valence-corrected chi connectivity index (χ3v) is 4.83. The highest BCUT2D eigenvalue weighted by atomic mass is 32.2. The summed E-state index contributed by atoms with van der Waals surface area (Å²) >= 11 is 1.15. The molecule has 8 heteroatoms. The minimum Gasteiger partial charge on any atom is -0.322 e.